The molecule has 0 unspecified atom stereocenters. The van der Waals surface area contributed by atoms with Gasteiger partial charge in [0.2, 0.25) is 0 Å². The van der Waals surface area contributed by atoms with Crippen LogP contribution in [0.25, 0.3) is 0 Å². The Bertz CT molecular complexity index is 242. The van der Waals surface area contributed by atoms with Crippen molar-refractivity contribution in [2.24, 2.45) is 0 Å². The van der Waals surface area contributed by atoms with E-state index in [1.54, 1.807) is 0 Å². The molecule has 1 aliphatic rings. The number of imide groups is 1. The van der Waals surface area contributed by atoms with Crippen LogP contribution in [0.15, 0.2) is 18.4 Å². The second-order valence-corrected chi connectivity index (χ2v) is 1.63. The molecule has 0 N–H and O–H groups in total. The molecule has 0 saturated heterocycles. The SMILES string of the molecule is O=C=CN1C(=O)C=CC1=O. The van der Waals surface area contributed by atoms with Gasteiger partial charge in [0.05, 0.1) is 6.20 Å². The molecule has 2 amide bonds. The summed E-state index contributed by atoms with van der Waals surface area (Å²) in [5, 5.41) is 0. The Labute approximate surface area is 56.4 Å². The van der Waals surface area contributed by atoms with Gasteiger partial charge < -0.3 is 0 Å². The molecule has 0 radical (unpaired) electrons. The van der Waals surface area contributed by atoms with Crippen LogP contribution in [0.2, 0.25) is 0 Å². The van der Waals surface area contributed by atoms with Crippen LogP contribution in [0.1, 0.15) is 0 Å². The Kier molecular flexibility index (Phi) is 1.48. The van der Waals surface area contributed by atoms with Crippen LogP contribution in [-0.2, 0) is 14.4 Å². The number of rotatable bonds is 1. The Morgan fingerprint density at radius 1 is 1.30 bits per heavy atom. The molecule has 0 aromatic heterocycles. The molecule has 0 bridgehead atoms. The normalized spacial score (nSPS) is 15.8. The lowest BCUT2D eigenvalue weighted by molar-refractivity contribution is -0.133. The van der Waals surface area contributed by atoms with Crippen molar-refractivity contribution in [2.75, 3.05) is 0 Å². The van der Waals surface area contributed by atoms with Gasteiger partial charge in [0.15, 0.2) is 0 Å². The van der Waals surface area contributed by atoms with Crippen molar-refractivity contribution in [3.63, 3.8) is 0 Å². The zero-order valence-corrected chi connectivity index (χ0v) is 4.90. The Balaban J connectivity index is 2.89. The van der Waals surface area contributed by atoms with Crippen LogP contribution in [0.4, 0.5) is 0 Å². The van der Waals surface area contributed by atoms with E-state index in [1.807, 2.05) is 0 Å². The first-order valence-electron chi connectivity index (χ1n) is 2.52. The summed E-state index contributed by atoms with van der Waals surface area (Å²) in [6.07, 6.45) is 2.96. The minimum absolute atomic E-state index is 0.506. The summed E-state index contributed by atoms with van der Waals surface area (Å²) in [5.74, 6) is 0.327. The number of carbonyl (C=O) groups is 2. The van der Waals surface area contributed by atoms with Gasteiger partial charge in [0.1, 0.15) is 5.94 Å². The molecule has 1 heterocycles. The molecule has 1 aliphatic heterocycles. The number of nitrogens with zero attached hydrogens (tertiary/aromatic N) is 1. The number of hydrogen-bond donors (Lipinski definition) is 0. The molecular weight excluding hydrogens is 134 g/mol. The molecule has 50 valence electrons. The minimum Gasteiger partial charge on any atom is -0.269 e. The molecule has 4 nitrogen and oxygen atoms in total. The van der Waals surface area contributed by atoms with Crippen molar-refractivity contribution in [1.29, 1.82) is 0 Å². The van der Waals surface area contributed by atoms with Crippen molar-refractivity contribution in [3.8, 4) is 0 Å². The van der Waals surface area contributed by atoms with E-state index in [0.29, 0.717) is 4.90 Å². The molecule has 10 heavy (non-hydrogen) atoms. The van der Waals surface area contributed by atoms with Gasteiger partial charge in [-0.15, -0.1) is 0 Å². The zero-order valence-electron chi connectivity index (χ0n) is 4.90. The standard InChI is InChI=1S/C6H3NO3/c8-4-3-7-5(9)1-2-6(7)10/h1-3H. The van der Waals surface area contributed by atoms with Crippen molar-refractivity contribution in [1.82, 2.24) is 4.90 Å². The Hall–Kier alpha value is -1.67. The van der Waals surface area contributed by atoms with Crippen LogP contribution in [-0.4, -0.2) is 22.7 Å². The second-order valence-electron chi connectivity index (χ2n) is 1.63. The quantitative estimate of drug-likeness (QED) is 0.353. The van der Waals surface area contributed by atoms with Gasteiger partial charge in [0.25, 0.3) is 11.8 Å². The van der Waals surface area contributed by atoms with Gasteiger partial charge in [-0.25, -0.2) is 9.69 Å². The van der Waals surface area contributed by atoms with E-state index in [-0.39, 0.29) is 0 Å². The highest BCUT2D eigenvalue weighted by molar-refractivity contribution is 6.14. The number of carbonyl (C=O) groups excluding carboxylic acids is 3. The third-order valence-electron chi connectivity index (χ3n) is 1.03. The highest BCUT2D eigenvalue weighted by atomic mass is 16.2. The summed E-state index contributed by atoms with van der Waals surface area (Å²) in [7, 11) is 0. The molecule has 0 atom stereocenters. The average Bonchev–Trinajstić information content (AvgIpc) is 2.20. The largest absolute Gasteiger partial charge is 0.269 e. The first-order valence-corrected chi connectivity index (χ1v) is 2.52. The lowest BCUT2D eigenvalue weighted by Crippen LogP contribution is -2.23. The predicted molar refractivity (Wildman–Crippen MR) is 31.3 cm³/mol. The van der Waals surface area contributed by atoms with Crippen LogP contribution in [0, 0.1) is 0 Å². The third-order valence-corrected chi connectivity index (χ3v) is 1.03. The van der Waals surface area contributed by atoms with E-state index in [4.69, 9.17) is 0 Å². The molecular formula is C6H3NO3. The first kappa shape index (κ1) is 6.45. The van der Waals surface area contributed by atoms with Gasteiger partial charge in [0, 0.05) is 12.2 Å². The van der Waals surface area contributed by atoms with Crippen molar-refractivity contribution < 1.29 is 14.4 Å². The topological polar surface area (TPSA) is 54.5 Å². The maximum Gasteiger partial charge on any atom is 0.258 e. The van der Waals surface area contributed by atoms with Crippen LogP contribution in [0.3, 0.4) is 0 Å². The molecule has 0 spiro atoms. The van der Waals surface area contributed by atoms with Gasteiger partial charge in [-0.1, -0.05) is 0 Å². The van der Waals surface area contributed by atoms with Crippen LogP contribution >= 0.6 is 0 Å². The lowest BCUT2D eigenvalue weighted by atomic mass is 10.6. The summed E-state index contributed by atoms with van der Waals surface area (Å²) in [5.41, 5.74) is 0. The lowest BCUT2D eigenvalue weighted by Gasteiger charge is -2.01. The average molecular weight is 137 g/mol. The van der Waals surface area contributed by atoms with Gasteiger partial charge in [-0.05, 0) is 0 Å². The maximum atomic E-state index is 10.6. The highest BCUT2D eigenvalue weighted by Crippen LogP contribution is 2.01. The maximum absolute atomic E-state index is 10.6. The first-order chi connectivity index (χ1) is 4.75. The molecule has 0 aliphatic carbocycles. The predicted octanol–water partition coefficient (Wildman–Crippen LogP) is -0.743. The van der Waals surface area contributed by atoms with E-state index in [9.17, 15) is 14.4 Å². The monoisotopic (exact) mass is 137 g/mol. The van der Waals surface area contributed by atoms with Crippen LogP contribution in [0.5, 0.6) is 0 Å². The Morgan fingerprint density at radius 3 is 2.20 bits per heavy atom. The summed E-state index contributed by atoms with van der Waals surface area (Å²) in [6.45, 7) is 0. The number of hydrogen-bond acceptors (Lipinski definition) is 3. The van der Waals surface area contributed by atoms with Crippen molar-refractivity contribution in [2.45, 2.75) is 0 Å². The van der Waals surface area contributed by atoms with E-state index >= 15 is 0 Å². The smallest absolute Gasteiger partial charge is 0.258 e. The summed E-state index contributed by atoms with van der Waals surface area (Å²) in [6, 6.07) is 0. The van der Waals surface area contributed by atoms with E-state index < -0.39 is 11.8 Å². The fraction of sp³-hybridized carbons (Fsp3) is 0. The van der Waals surface area contributed by atoms with Gasteiger partial charge in [-0.2, -0.15) is 0 Å². The third kappa shape index (κ3) is 0.876. The fourth-order valence-corrected chi connectivity index (χ4v) is 0.592. The van der Waals surface area contributed by atoms with Crippen molar-refractivity contribution in [3.05, 3.63) is 18.4 Å². The molecule has 0 fully saturated rings. The fourth-order valence-electron chi connectivity index (χ4n) is 0.592. The summed E-state index contributed by atoms with van der Waals surface area (Å²) in [4.78, 5) is 31.6. The second kappa shape index (κ2) is 2.29. The minimum atomic E-state index is -0.506. The van der Waals surface area contributed by atoms with Crippen LogP contribution < -0.4 is 0 Å². The zero-order chi connectivity index (χ0) is 7.56. The van der Waals surface area contributed by atoms with E-state index in [0.717, 1.165) is 18.4 Å². The summed E-state index contributed by atoms with van der Waals surface area (Å²) < 4.78 is 0. The van der Waals surface area contributed by atoms with E-state index in [1.165, 1.54) is 5.94 Å². The summed E-state index contributed by atoms with van der Waals surface area (Å²) >= 11 is 0. The highest BCUT2D eigenvalue weighted by Gasteiger charge is 2.20. The molecule has 0 aromatic carbocycles. The molecule has 4 heteroatoms. The Morgan fingerprint density at radius 2 is 1.80 bits per heavy atom. The van der Waals surface area contributed by atoms with Crippen molar-refractivity contribution >= 4 is 17.8 Å². The molecule has 0 saturated carbocycles. The molecule has 1 rings (SSSR count). The van der Waals surface area contributed by atoms with E-state index in [2.05, 4.69) is 0 Å². The van der Waals surface area contributed by atoms with Gasteiger partial charge in [-0.3, -0.25) is 9.59 Å². The molecule has 0 aromatic rings. The van der Waals surface area contributed by atoms with Gasteiger partial charge >= 0.3 is 0 Å². The number of amides is 2.